The lowest BCUT2D eigenvalue weighted by molar-refractivity contribution is 0.636. The number of fused-ring (bicyclic) bond motifs is 7. The third kappa shape index (κ3) is 5.79. The molecule has 268 valence electrons. The summed E-state index contributed by atoms with van der Waals surface area (Å²) in [6.45, 7) is 2.28. The normalized spacial score (nSPS) is 15.5. The quantitative estimate of drug-likeness (QED) is 0.166. The Hall–Kier alpha value is -7.23. The molecular formula is C54H37N3. The van der Waals surface area contributed by atoms with E-state index in [1.807, 2.05) is 12.3 Å². The van der Waals surface area contributed by atoms with Gasteiger partial charge in [-0.05, 0) is 96.0 Å². The van der Waals surface area contributed by atoms with Crippen molar-refractivity contribution in [1.29, 1.82) is 0 Å². The van der Waals surface area contributed by atoms with Crippen LogP contribution < -0.4 is 0 Å². The first-order valence-electron chi connectivity index (χ1n) is 19.7. The molecule has 0 bridgehead atoms. The number of rotatable bonds is 5. The number of benzene rings is 8. The maximum atomic E-state index is 5.37. The van der Waals surface area contributed by atoms with Crippen molar-refractivity contribution in [3.63, 3.8) is 0 Å². The van der Waals surface area contributed by atoms with Crippen LogP contribution >= 0.6 is 0 Å². The highest BCUT2D eigenvalue weighted by Gasteiger charge is 2.23. The summed E-state index contributed by atoms with van der Waals surface area (Å²) in [5, 5.41) is 11.0. The summed E-state index contributed by atoms with van der Waals surface area (Å²) >= 11 is 0. The van der Waals surface area contributed by atoms with E-state index in [0.29, 0.717) is 0 Å². The monoisotopic (exact) mass is 727 g/mol. The van der Waals surface area contributed by atoms with Crippen LogP contribution in [0.1, 0.15) is 24.2 Å². The van der Waals surface area contributed by atoms with E-state index in [2.05, 4.69) is 189 Å². The number of aromatic nitrogens is 3. The molecule has 0 saturated carbocycles. The van der Waals surface area contributed by atoms with Gasteiger partial charge in [-0.15, -0.1) is 0 Å². The Bertz CT molecular complexity index is 3270. The van der Waals surface area contributed by atoms with Gasteiger partial charge < -0.3 is 0 Å². The highest BCUT2D eigenvalue weighted by molar-refractivity contribution is 6.15. The molecule has 2 heterocycles. The van der Waals surface area contributed by atoms with Crippen molar-refractivity contribution >= 4 is 59.6 Å². The first-order valence-corrected chi connectivity index (χ1v) is 19.7. The number of hydrogen-bond donors (Lipinski definition) is 0. The predicted octanol–water partition coefficient (Wildman–Crippen LogP) is 14.0. The summed E-state index contributed by atoms with van der Waals surface area (Å²) in [7, 11) is 0. The number of para-hydroxylation sites is 1. The Morgan fingerprint density at radius 3 is 1.68 bits per heavy atom. The second-order valence-electron chi connectivity index (χ2n) is 15.2. The van der Waals surface area contributed by atoms with E-state index in [0.717, 1.165) is 44.8 Å². The average Bonchev–Trinajstić information content (AvgIpc) is 3.28. The number of hydrogen-bond acceptors (Lipinski definition) is 3. The van der Waals surface area contributed by atoms with Gasteiger partial charge in [-0.2, -0.15) is 0 Å². The highest BCUT2D eigenvalue weighted by Crippen LogP contribution is 2.40. The minimum Gasteiger partial charge on any atom is -0.256 e. The van der Waals surface area contributed by atoms with Crippen molar-refractivity contribution in [2.45, 2.75) is 12.8 Å². The molecule has 2 atom stereocenters. The van der Waals surface area contributed by atoms with Crippen LogP contribution in [0.15, 0.2) is 194 Å². The molecule has 11 rings (SSSR count). The standard InChI is InChI=1S/C54H37N3/c1-34-28-40(26-27-42(34)41-29-39-14-4-11-21-51(39)55-33-41)54-56-52(32-53(57-54)50-31-38-13-3-6-16-44(38)46-18-8-10-20-48(46)50)36-24-22-35(23-25-36)49-30-37-12-2-5-15-43(37)45-17-7-9-19-47(45)49/h2-34,42H,1H3. The Balaban J connectivity index is 1.04. The molecule has 0 saturated heterocycles. The molecule has 10 aromatic rings. The summed E-state index contributed by atoms with van der Waals surface area (Å²) in [5.74, 6) is 1.15. The largest absolute Gasteiger partial charge is 0.256 e. The number of nitrogens with zero attached hydrogens (tertiary/aromatic N) is 3. The minimum atomic E-state index is 0.205. The molecule has 0 N–H and O–H groups in total. The summed E-state index contributed by atoms with van der Waals surface area (Å²) < 4.78 is 0. The molecule has 8 aromatic carbocycles. The van der Waals surface area contributed by atoms with E-state index < -0.39 is 0 Å². The molecule has 1 aliphatic carbocycles. The van der Waals surface area contributed by atoms with Crippen LogP contribution in [0, 0.1) is 5.92 Å². The van der Waals surface area contributed by atoms with Crippen LogP contribution in [0.5, 0.6) is 0 Å². The molecule has 0 radical (unpaired) electrons. The van der Waals surface area contributed by atoms with Crippen molar-refractivity contribution < 1.29 is 0 Å². The Morgan fingerprint density at radius 2 is 1.00 bits per heavy atom. The lowest BCUT2D eigenvalue weighted by atomic mass is 9.82. The van der Waals surface area contributed by atoms with Crippen LogP contribution in [0.3, 0.4) is 0 Å². The highest BCUT2D eigenvalue weighted by atomic mass is 14.9. The molecule has 2 aromatic heterocycles. The van der Waals surface area contributed by atoms with Crippen molar-refractivity contribution in [3.05, 3.63) is 206 Å². The van der Waals surface area contributed by atoms with Gasteiger partial charge in [-0.1, -0.05) is 165 Å². The molecule has 0 fully saturated rings. The third-order valence-corrected chi connectivity index (χ3v) is 11.8. The summed E-state index contributed by atoms with van der Waals surface area (Å²) in [6.07, 6.45) is 8.86. The zero-order valence-corrected chi connectivity index (χ0v) is 31.5. The van der Waals surface area contributed by atoms with Crippen molar-refractivity contribution in [1.82, 2.24) is 15.0 Å². The van der Waals surface area contributed by atoms with Gasteiger partial charge >= 0.3 is 0 Å². The molecule has 3 nitrogen and oxygen atoms in total. The average molecular weight is 728 g/mol. The van der Waals surface area contributed by atoms with Crippen molar-refractivity contribution in [3.8, 4) is 33.6 Å². The second-order valence-corrected chi connectivity index (χ2v) is 15.2. The van der Waals surface area contributed by atoms with Gasteiger partial charge in [0.1, 0.15) is 0 Å². The van der Waals surface area contributed by atoms with Gasteiger partial charge in [0, 0.05) is 34.2 Å². The van der Waals surface area contributed by atoms with Gasteiger partial charge in [-0.3, -0.25) is 4.98 Å². The van der Waals surface area contributed by atoms with Gasteiger partial charge in [0.15, 0.2) is 5.82 Å². The van der Waals surface area contributed by atoms with E-state index in [1.165, 1.54) is 59.8 Å². The molecule has 0 aliphatic heterocycles. The lowest BCUT2D eigenvalue weighted by Gasteiger charge is -2.23. The topological polar surface area (TPSA) is 38.7 Å². The van der Waals surface area contributed by atoms with E-state index in [9.17, 15) is 0 Å². The summed E-state index contributed by atoms with van der Waals surface area (Å²) in [5.41, 5.74) is 9.61. The number of allylic oxidation sites excluding steroid dienone is 4. The van der Waals surface area contributed by atoms with Crippen LogP contribution in [0.2, 0.25) is 0 Å². The zero-order chi connectivity index (χ0) is 37.9. The van der Waals surface area contributed by atoms with E-state index in [1.54, 1.807) is 0 Å². The number of pyridine rings is 1. The Labute approximate surface area is 331 Å². The Morgan fingerprint density at radius 1 is 0.456 bits per heavy atom. The third-order valence-electron chi connectivity index (χ3n) is 11.8. The molecule has 0 spiro atoms. The molecule has 3 heteroatoms. The maximum absolute atomic E-state index is 5.37. The van der Waals surface area contributed by atoms with Gasteiger partial charge in [0.2, 0.25) is 0 Å². The summed E-state index contributed by atoms with van der Waals surface area (Å²) in [6, 6.07) is 60.9. The fourth-order valence-corrected chi connectivity index (χ4v) is 8.90. The minimum absolute atomic E-state index is 0.205. The van der Waals surface area contributed by atoms with Crippen LogP contribution in [-0.2, 0) is 0 Å². The smallest absolute Gasteiger partial charge is 0.160 e. The SMILES string of the molecule is CC1C=C(c2nc(-c3ccc(-c4cc5ccccc5c5ccccc45)cc3)cc(-c3cc4ccccc4c4ccccc34)n2)C=CC1c1cnc2ccccc2c1. The lowest BCUT2D eigenvalue weighted by Crippen LogP contribution is -2.11. The molecule has 1 aliphatic rings. The van der Waals surface area contributed by atoms with E-state index >= 15 is 0 Å². The van der Waals surface area contributed by atoms with Gasteiger partial charge in [0.05, 0.1) is 16.9 Å². The van der Waals surface area contributed by atoms with E-state index in [-0.39, 0.29) is 11.8 Å². The van der Waals surface area contributed by atoms with Gasteiger partial charge in [-0.25, -0.2) is 9.97 Å². The Kier molecular flexibility index (Phi) is 7.85. The van der Waals surface area contributed by atoms with Crippen LogP contribution in [-0.4, -0.2) is 15.0 Å². The maximum Gasteiger partial charge on any atom is 0.160 e. The van der Waals surface area contributed by atoms with Crippen molar-refractivity contribution in [2.24, 2.45) is 5.92 Å². The summed E-state index contributed by atoms with van der Waals surface area (Å²) in [4.78, 5) is 15.5. The van der Waals surface area contributed by atoms with E-state index in [4.69, 9.17) is 15.0 Å². The molecule has 2 unspecified atom stereocenters. The fourth-order valence-electron chi connectivity index (χ4n) is 8.90. The first-order chi connectivity index (χ1) is 28.1. The predicted molar refractivity (Wildman–Crippen MR) is 239 cm³/mol. The molecule has 57 heavy (non-hydrogen) atoms. The van der Waals surface area contributed by atoms with Crippen LogP contribution in [0.4, 0.5) is 0 Å². The van der Waals surface area contributed by atoms with Gasteiger partial charge in [0.25, 0.3) is 0 Å². The second kappa shape index (κ2) is 13.5. The zero-order valence-electron chi connectivity index (χ0n) is 31.5. The fraction of sp³-hybridized carbons (Fsp3) is 0.0556. The first kappa shape index (κ1) is 33.1. The van der Waals surface area contributed by atoms with Crippen LogP contribution in [0.25, 0.3) is 93.2 Å². The molecular weight excluding hydrogens is 691 g/mol. The van der Waals surface area contributed by atoms with Crippen molar-refractivity contribution in [2.75, 3.05) is 0 Å². The molecule has 0 amide bonds.